The highest BCUT2D eigenvalue weighted by atomic mass is 35.5. The predicted molar refractivity (Wildman–Crippen MR) is 119 cm³/mol. The Morgan fingerprint density at radius 3 is 2.55 bits per heavy atom. The van der Waals surface area contributed by atoms with Crippen molar-refractivity contribution in [2.75, 3.05) is 0 Å². The van der Waals surface area contributed by atoms with Gasteiger partial charge in [0, 0.05) is 29.2 Å². The molecule has 1 aromatic heterocycles. The van der Waals surface area contributed by atoms with E-state index in [0.717, 1.165) is 23.0 Å². The molecule has 0 radical (unpaired) electrons. The van der Waals surface area contributed by atoms with Crippen LogP contribution in [0.1, 0.15) is 27.0 Å². The number of aryl methyl sites for hydroxylation is 1. The second-order valence-electron chi connectivity index (χ2n) is 6.89. The van der Waals surface area contributed by atoms with Crippen LogP contribution in [0.2, 0.25) is 5.02 Å². The van der Waals surface area contributed by atoms with Gasteiger partial charge in [0.1, 0.15) is 0 Å². The molecule has 0 atom stereocenters. The number of rotatable bonds is 5. The number of amides is 1. The highest BCUT2D eigenvalue weighted by molar-refractivity contribution is 6.33. The summed E-state index contributed by atoms with van der Waals surface area (Å²) in [6.07, 6.45) is 3.72. The fraction of sp³-hybridized carbons (Fsp3) is 0.0833. The fourth-order valence-electron chi connectivity index (χ4n) is 3.27. The molecule has 0 aliphatic carbocycles. The van der Waals surface area contributed by atoms with Gasteiger partial charge in [-0.15, -0.1) is 0 Å². The molecule has 0 saturated carbocycles. The van der Waals surface area contributed by atoms with Crippen molar-refractivity contribution in [3.63, 3.8) is 0 Å². The summed E-state index contributed by atoms with van der Waals surface area (Å²) in [7, 11) is 0. The van der Waals surface area contributed by atoms with Gasteiger partial charge in [-0.3, -0.25) is 4.79 Å². The van der Waals surface area contributed by atoms with Gasteiger partial charge in [0.25, 0.3) is 5.91 Å². The minimum absolute atomic E-state index is 0.338. The van der Waals surface area contributed by atoms with Crippen LogP contribution in [0.15, 0.2) is 84.1 Å². The maximum absolute atomic E-state index is 12.3. The van der Waals surface area contributed by atoms with E-state index < -0.39 is 0 Å². The first-order chi connectivity index (χ1) is 14.1. The van der Waals surface area contributed by atoms with Gasteiger partial charge in [-0.05, 0) is 30.7 Å². The molecule has 0 fully saturated rings. The van der Waals surface area contributed by atoms with Gasteiger partial charge in [-0.1, -0.05) is 71.8 Å². The van der Waals surface area contributed by atoms with Gasteiger partial charge < -0.3 is 4.57 Å². The lowest BCUT2D eigenvalue weighted by molar-refractivity contribution is 0.0955. The summed E-state index contributed by atoms with van der Waals surface area (Å²) in [5.41, 5.74) is 7.48. The molecule has 0 aliphatic heterocycles. The molecular formula is C24H20ClN3O. The van der Waals surface area contributed by atoms with Crippen molar-refractivity contribution in [3.8, 4) is 0 Å². The number of fused-ring (bicyclic) bond motifs is 1. The van der Waals surface area contributed by atoms with E-state index in [9.17, 15) is 4.79 Å². The van der Waals surface area contributed by atoms with E-state index in [2.05, 4.69) is 64.6 Å². The Balaban J connectivity index is 1.57. The van der Waals surface area contributed by atoms with Crippen LogP contribution in [-0.4, -0.2) is 16.7 Å². The quantitative estimate of drug-likeness (QED) is 0.352. The minimum Gasteiger partial charge on any atom is -0.342 e. The number of carbonyl (C=O) groups is 1. The maximum atomic E-state index is 12.3. The second-order valence-corrected chi connectivity index (χ2v) is 7.30. The molecule has 0 saturated heterocycles. The Kier molecular flexibility index (Phi) is 5.45. The van der Waals surface area contributed by atoms with Gasteiger partial charge in [0.05, 0.1) is 16.8 Å². The highest BCUT2D eigenvalue weighted by Gasteiger charge is 2.09. The van der Waals surface area contributed by atoms with Crippen LogP contribution in [0.3, 0.4) is 0 Å². The van der Waals surface area contributed by atoms with Crippen LogP contribution < -0.4 is 5.43 Å². The zero-order chi connectivity index (χ0) is 20.2. The lowest BCUT2D eigenvalue weighted by Gasteiger charge is -2.06. The molecule has 4 aromatic rings. The monoisotopic (exact) mass is 401 g/mol. The zero-order valence-electron chi connectivity index (χ0n) is 16.0. The van der Waals surface area contributed by atoms with Crippen LogP contribution in [0.4, 0.5) is 0 Å². The van der Waals surface area contributed by atoms with Crippen LogP contribution in [0.25, 0.3) is 10.9 Å². The molecule has 4 rings (SSSR count). The van der Waals surface area contributed by atoms with Crippen molar-refractivity contribution in [2.24, 2.45) is 5.10 Å². The predicted octanol–water partition coefficient (Wildman–Crippen LogP) is 5.42. The lowest BCUT2D eigenvalue weighted by atomic mass is 10.1. The number of hydrazone groups is 1. The number of nitrogens with one attached hydrogen (secondary N) is 1. The zero-order valence-corrected chi connectivity index (χ0v) is 16.7. The van der Waals surface area contributed by atoms with E-state index in [-0.39, 0.29) is 5.91 Å². The topological polar surface area (TPSA) is 46.4 Å². The molecule has 0 aliphatic rings. The molecule has 5 heteroatoms. The van der Waals surface area contributed by atoms with Gasteiger partial charge in [-0.2, -0.15) is 5.10 Å². The number of benzene rings is 3. The van der Waals surface area contributed by atoms with Gasteiger partial charge in [0.15, 0.2) is 0 Å². The average molecular weight is 402 g/mol. The van der Waals surface area contributed by atoms with Crippen LogP contribution in [-0.2, 0) is 6.54 Å². The van der Waals surface area contributed by atoms with Crippen LogP contribution >= 0.6 is 11.6 Å². The summed E-state index contributed by atoms with van der Waals surface area (Å²) in [5.74, 6) is -0.338. The molecule has 1 amide bonds. The molecule has 144 valence electrons. The summed E-state index contributed by atoms with van der Waals surface area (Å²) in [6.45, 7) is 2.85. The normalized spacial score (nSPS) is 11.2. The maximum Gasteiger partial charge on any atom is 0.272 e. The summed E-state index contributed by atoms with van der Waals surface area (Å²) in [4.78, 5) is 12.3. The van der Waals surface area contributed by atoms with E-state index in [4.69, 9.17) is 11.6 Å². The first-order valence-corrected chi connectivity index (χ1v) is 9.71. The SMILES string of the molecule is Cc1ccc(Cn2cc(/C=N\NC(=O)c3ccccc3Cl)c3ccccc32)cc1. The Morgan fingerprint density at radius 2 is 1.76 bits per heavy atom. The molecule has 29 heavy (non-hydrogen) atoms. The molecule has 0 bridgehead atoms. The Hall–Kier alpha value is -3.37. The fourth-order valence-corrected chi connectivity index (χ4v) is 3.49. The van der Waals surface area contributed by atoms with Crippen LogP contribution in [0, 0.1) is 6.92 Å². The van der Waals surface area contributed by atoms with Gasteiger partial charge in [-0.25, -0.2) is 5.43 Å². The Morgan fingerprint density at radius 1 is 1.03 bits per heavy atom. The first kappa shape index (κ1) is 19.0. The molecule has 1 heterocycles. The third-order valence-corrected chi connectivity index (χ3v) is 5.11. The summed E-state index contributed by atoms with van der Waals surface area (Å²) < 4.78 is 2.19. The Labute approximate surface area is 174 Å². The summed E-state index contributed by atoms with van der Waals surface area (Å²) in [6, 6.07) is 23.6. The molecule has 0 spiro atoms. The number of aromatic nitrogens is 1. The molecule has 3 aromatic carbocycles. The van der Waals surface area contributed by atoms with Gasteiger partial charge >= 0.3 is 0 Å². The van der Waals surface area contributed by atoms with E-state index in [0.29, 0.717) is 10.6 Å². The molecule has 1 N–H and O–H groups in total. The van der Waals surface area contributed by atoms with Crippen molar-refractivity contribution >= 4 is 34.6 Å². The van der Waals surface area contributed by atoms with Crippen molar-refractivity contribution in [1.29, 1.82) is 0 Å². The number of carbonyl (C=O) groups excluding carboxylic acids is 1. The van der Waals surface area contributed by atoms with Crippen molar-refractivity contribution < 1.29 is 4.79 Å². The molecular weight excluding hydrogens is 382 g/mol. The number of hydrogen-bond acceptors (Lipinski definition) is 2. The Bertz CT molecular complexity index is 1190. The number of hydrogen-bond donors (Lipinski definition) is 1. The lowest BCUT2D eigenvalue weighted by Crippen LogP contribution is -2.17. The third-order valence-electron chi connectivity index (χ3n) is 4.78. The standard InChI is InChI=1S/C24H20ClN3O/c1-17-10-12-18(13-11-17)15-28-16-19(20-6-3-5-9-23(20)28)14-26-27-24(29)21-7-2-4-8-22(21)25/h2-14,16H,15H2,1H3,(H,27,29)/b26-14-. The van der Waals surface area contributed by atoms with Gasteiger partial charge in [0.2, 0.25) is 0 Å². The van der Waals surface area contributed by atoms with Crippen LogP contribution in [0.5, 0.6) is 0 Å². The van der Waals surface area contributed by atoms with E-state index in [1.165, 1.54) is 11.1 Å². The largest absolute Gasteiger partial charge is 0.342 e. The number of nitrogens with zero attached hydrogens (tertiary/aromatic N) is 2. The third kappa shape index (κ3) is 4.23. The van der Waals surface area contributed by atoms with Crippen molar-refractivity contribution in [3.05, 3.63) is 106 Å². The second kappa shape index (κ2) is 8.33. The first-order valence-electron chi connectivity index (χ1n) is 9.33. The smallest absolute Gasteiger partial charge is 0.272 e. The summed E-state index contributed by atoms with van der Waals surface area (Å²) in [5, 5.41) is 5.62. The summed E-state index contributed by atoms with van der Waals surface area (Å²) >= 11 is 6.07. The van der Waals surface area contributed by atoms with E-state index >= 15 is 0 Å². The average Bonchev–Trinajstić information content (AvgIpc) is 3.08. The van der Waals surface area contributed by atoms with E-state index in [1.54, 1.807) is 30.5 Å². The number of para-hydroxylation sites is 1. The minimum atomic E-state index is -0.338. The number of halogens is 1. The van der Waals surface area contributed by atoms with E-state index in [1.807, 2.05) is 12.1 Å². The molecule has 0 unspecified atom stereocenters. The molecule has 4 nitrogen and oxygen atoms in total. The van der Waals surface area contributed by atoms with Crippen molar-refractivity contribution in [2.45, 2.75) is 13.5 Å². The highest BCUT2D eigenvalue weighted by Crippen LogP contribution is 2.21. The van der Waals surface area contributed by atoms with Crippen molar-refractivity contribution in [1.82, 2.24) is 9.99 Å².